The molecule has 15 heavy (non-hydrogen) atoms. The maximum atomic E-state index is 5.89. The number of hydrogen-bond donors (Lipinski definition) is 2. The van der Waals surface area contributed by atoms with Gasteiger partial charge in [0.05, 0.1) is 0 Å². The van der Waals surface area contributed by atoms with Gasteiger partial charge in [-0.3, -0.25) is 0 Å². The largest absolute Gasteiger partial charge is 0.367 e. The quantitative estimate of drug-likeness (QED) is 0.815. The van der Waals surface area contributed by atoms with Crippen molar-refractivity contribution < 1.29 is 0 Å². The standard InChI is InChI=1S/C12H13ClN2/c13-12-3-1-2-10(6-12)7-15-9-11-4-5-14-8-11/h1-6,8,14-15H,7,9H2. The molecule has 2 nitrogen and oxygen atoms in total. The van der Waals surface area contributed by atoms with Crippen LogP contribution >= 0.6 is 11.6 Å². The minimum absolute atomic E-state index is 0.788. The van der Waals surface area contributed by atoms with Gasteiger partial charge in [-0.25, -0.2) is 0 Å². The van der Waals surface area contributed by atoms with Crippen molar-refractivity contribution >= 4 is 11.6 Å². The summed E-state index contributed by atoms with van der Waals surface area (Å²) in [6.07, 6.45) is 3.92. The van der Waals surface area contributed by atoms with Crippen molar-refractivity contribution in [2.24, 2.45) is 0 Å². The molecule has 0 amide bonds. The van der Waals surface area contributed by atoms with Crippen LogP contribution in [0.15, 0.2) is 42.7 Å². The number of halogens is 1. The van der Waals surface area contributed by atoms with Crippen LogP contribution in [0.4, 0.5) is 0 Å². The van der Waals surface area contributed by atoms with Crippen molar-refractivity contribution in [3.63, 3.8) is 0 Å². The normalized spacial score (nSPS) is 10.5. The fraction of sp³-hybridized carbons (Fsp3) is 0.167. The number of rotatable bonds is 4. The zero-order chi connectivity index (χ0) is 10.5. The fourth-order valence-electron chi connectivity index (χ4n) is 1.47. The lowest BCUT2D eigenvalue weighted by Gasteiger charge is -2.03. The van der Waals surface area contributed by atoms with Crippen molar-refractivity contribution in [1.82, 2.24) is 10.3 Å². The van der Waals surface area contributed by atoms with Gasteiger partial charge in [0.25, 0.3) is 0 Å². The second-order valence-electron chi connectivity index (χ2n) is 3.45. The first-order chi connectivity index (χ1) is 7.34. The van der Waals surface area contributed by atoms with Crippen molar-refractivity contribution in [3.8, 4) is 0 Å². The molecular formula is C12H13ClN2. The van der Waals surface area contributed by atoms with E-state index in [0.29, 0.717) is 0 Å². The van der Waals surface area contributed by atoms with Gasteiger partial charge in [0.1, 0.15) is 0 Å². The van der Waals surface area contributed by atoms with E-state index in [4.69, 9.17) is 11.6 Å². The molecule has 1 aromatic carbocycles. The summed E-state index contributed by atoms with van der Waals surface area (Å²) < 4.78 is 0. The maximum Gasteiger partial charge on any atom is 0.0409 e. The third-order valence-corrected chi connectivity index (χ3v) is 2.44. The van der Waals surface area contributed by atoms with Crippen LogP contribution in [-0.4, -0.2) is 4.98 Å². The van der Waals surface area contributed by atoms with Crippen LogP contribution in [-0.2, 0) is 13.1 Å². The molecule has 78 valence electrons. The van der Waals surface area contributed by atoms with E-state index in [1.165, 1.54) is 11.1 Å². The Bertz CT molecular complexity index is 409. The van der Waals surface area contributed by atoms with E-state index in [0.717, 1.165) is 18.1 Å². The third-order valence-electron chi connectivity index (χ3n) is 2.21. The second-order valence-corrected chi connectivity index (χ2v) is 3.89. The Hall–Kier alpha value is -1.25. The number of benzene rings is 1. The highest BCUT2D eigenvalue weighted by Gasteiger charge is 1.95. The summed E-state index contributed by atoms with van der Waals surface area (Å²) in [7, 11) is 0. The maximum absolute atomic E-state index is 5.89. The molecule has 2 N–H and O–H groups in total. The molecule has 3 heteroatoms. The Morgan fingerprint density at radius 3 is 2.73 bits per heavy atom. The van der Waals surface area contributed by atoms with Gasteiger partial charge in [-0.15, -0.1) is 0 Å². The minimum Gasteiger partial charge on any atom is -0.367 e. The lowest BCUT2D eigenvalue weighted by atomic mass is 10.2. The zero-order valence-corrected chi connectivity index (χ0v) is 9.09. The number of hydrogen-bond acceptors (Lipinski definition) is 1. The molecule has 0 atom stereocenters. The lowest BCUT2D eigenvalue weighted by Crippen LogP contribution is -2.11. The molecule has 0 aliphatic rings. The van der Waals surface area contributed by atoms with Crippen LogP contribution < -0.4 is 5.32 Å². The van der Waals surface area contributed by atoms with Crippen molar-refractivity contribution in [2.45, 2.75) is 13.1 Å². The van der Waals surface area contributed by atoms with Gasteiger partial charge in [-0.1, -0.05) is 23.7 Å². The van der Waals surface area contributed by atoms with Gasteiger partial charge < -0.3 is 10.3 Å². The average molecular weight is 221 g/mol. The van der Waals surface area contributed by atoms with Gasteiger partial charge in [-0.05, 0) is 29.3 Å². The monoisotopic (exact) mass is 220 g/mol. The summed E-state index contributed by atoms with van der Waals surface area (Å²) in [4.78, 5) is 3.03. The Balaban J connectivity index is 1.83. The van der Waals surface area contributed by atoms with Crippen LogP contribution in [0.2, 0.25) is 5.02 Å². The van der Waals surface area contributed by atoms with E-state index in [-0.39, 0.29) is 0 Å². The minimum atomic E-state index is 0.788. The van der Waals surface area contributed by atoms with E-state index >= 15 is 0 Å². The second kappa shape index (κ2) is 5.01. The van der Waals surface area contributed by atoms with Crippen molar-refractivity contribution in [2.75, 3.05) is 0 Å². The summed E-state index contributed by atoms with van der Waals surface area (Å²) >= 11 is 5.89. The van der Waals surface area contributed by atoms with Crippen LogP contribution in [0.3, 0.4) is 0 Å². The molecule has 0 aliphatic heterocycles. The zero-order valence-electron chi connectivity index (χ0n) is 8.33. The Labute approximate surface area is 94.3 Å². The number of aromatic amines is 1. The lowest BCUT2D eigenvalue weighted by molar-refractivity contribution is 0.694. The van der Waals surface area contributed by atoms with E-state index in [2.05, 4.69) is 22.4 Å². The molecule has 2 aromatic rings. The topological polar surface area (TPSA) is 27.8 Å². The molecule has 2 rings (SSSR count). The summed E-state index contributed by atoms with van der Waals surface area (Å²) in [5.41, 5.74) is 2.47. The molecule has 0 unspecified atom stereocenters. The molecule has 0 spiro atoms. The fourth-order valence-corrected chi connectivity index (χ4v) is 1.68. The molecule has 1 aromatic heterocycles. The van der Waals surface area contributed by atoms with Gasteiger partial charge in [0, 0.05) is 30.5 Å². The molecule has 0 bridgehead atoms. The summed E-state index contributed by atoms with van der Waals surface area (Å²) in [6.45, 7) is 1.71. The van der Waals surface area contributed by atoms with Crippen LogP contribution in [0.5, 0.6) is 0 Å². The van der Waals surface area contributed by atoms with Gasteiger partial charge >= 0.3 is 0 Å². The Kier molecular flexibility index (Phi) is 3.43. The predicted molar refractivity (Wildman–Crippen MR) is 62.8 cm³/mol. The average Bonchev–Trinajstić information content (AvgIpc) is 2.71. The number of aromatic nitrogens is 1. The first-order valence-electron chi connectivity index (χ1n) is 4.91. The smallest absolute Gasteiger partial charge is 0.0409 e. The van der Waals surface area contributed by atoms with Crippen LogP contribution in [0.1, 0.15) is 11.1 Å². The van der Waals surface area contributed by atoms with Gasteiger partial charge in [0.15, 0.2) is 0 Å². The van der Waals surface area contributed by atoms with Crippen LogP contribution in [0, 0.1) is 0 Å². The molecule has 1 heterocycles. The summed E-state index contributed by atoms with van der Waals surface area (Å²) in [5.74, 6) is 0. The van der Waals surface area contributed by atoms with Crippen LogP contribution in [0.25, 0.3) is 0 Å². The van der Waals surface area contributed by atoms with Crippen molar-refractivity contribution in [3.05, 3.63) is 58.9 Å². The highest BCUT2D eigenvalue weighted by atomic mass is 35.5. The number of nitrogens with one attached hydrogen (secondary N) is 2. The van der Waals surface area contributed by atoms with E-state index < -0.39 is 0 Å². The Morgan fingerprint density at radius 1 is 1.13 bits per heavy atom. The first kappa shape index (κ1) is 10.3. The van der Waals surface area contributed by atoms with Gasteiger partial charge in [-0.2, -0.15) is 0 Å². The van der Waals surface area contributed by atoms with Crippen molar-refractivity contribution in [1.29, 1.82) is 0 Å². The van der Waals surface area contributed by atoms with E-state index in [1.54, 1.807) is 0 Å². The predicted octanol–water partition coefficient (Wildman–Crippen LogP) is 2.96. The molecule has 0 fully saturated rings. The SMILES string of the molecule is Clc1cccc(CNCc2cc[nH]c2)c1. The summed E-state index contributed by atoms with van der Waals surface area (Å²) in [5, 5.41) is 4.14. The third kappa shape index (κ3) is 3.11. The summed E-state index contributed by atoms with van der Waals surface area (Å²) in [6, 6.07) is 9.96. The number of H-pyrrole nitrogens is 1. The Morgan fingerprint density at radius 2 is 2.00 bits per heavy atom. The van der Waals surface area contributed by atoms with E-state index in [9.17, 15) is 0 Å². The first-order valence-corrected chi connectivity index (χ1v) is 5.29. The van der Waals surface area contributed by atoms with Gasteiger partial charge in [0.2, 0.25) is 0 Å². The molecule has 0 aliphatic carbocycles. The highest BCUT2D eigenvalue weighted by Crippen LogP contribution is 2.10. The molecular weight excluding hydrogens is 208 g/mol. The molecule has 0 radical (unpaired) electrons. The molecule has 0 saturated heterocycles. The molecule has 0 saturated carbocycles. The van der Waals surface area contributed by atoms with E-state index in [1.807, 2.05) is 30.6 Å². The highest BCUT2D eigenvalue weighted by molar-refractivity contribution is 6.30.